The molecule has 0 N–H and O–H groups in total. The molecule has 1 atom stereocenters. The zero-order valence-corrected chi connectivity index (χ0v) is 22.8. The number of allylic oxidation sites excluding steroid dienone is 6. The van der Waals surface area contributed by atoms with E-state index in [1.54, 1.807) is 6.92 Å². The number of hydrogen-bond acceptors (Lipinski definition) is 2. The summed E-state index contributed by atoms with van der Waals surface area (Å²) in [5.41, 5.74) is 7.50. The van der Waals surface area contributed by atoms with Crippen LogP contribution in [0.1, 0.15) is 69.2 Å². The molecule has 0 bridgehead atoms. The lowest BCUT2D eigenvalue weighted by atomic mass is 9.91. The number of benzene rings is 2. The topological polar surface area (TPSA) is 17.1 Å². The fourth-order valence-corrected chi connectivity index (χ4v) is 4.08. The highest BCUT2D eigenvalue weighted by Crippen LogP contribution is 2.24. The second-order valence-corrected chi connectivity index (χ2v) is 9.11. The van der Waals surface area contributed by atoms with Crippen LogP contribution in [0.25, 0.3) is 4.91 Å². The number of hydrogen-bond donors (Lipinski definition) is 1. The van der Waals surface area contributed by atoms with Gasteiger partial charge in [-0.05, 0) is 76.1 Å². The van der Waals surface area contributed by atoms with Crippen LogP contribution in [-0.4, -0.2) is 5.78 Å². The van der Waals surface area contributed by atoms with Crippen LogP contribution in [0, 0.1) is 19.8 Å². The van der Waals surface area contributed by atoms with Crippen LogP contribution in [0.15, 0.2) is 90.6 Å². The largest absolute Gasteiger partial charge is 0.299 e. The summed E-state index contributed by atoms with van der Waals surface area (Å²) < 4.78 is 0. The van der Waals surface area contributed by atoms with E-state index in [0.717, 1.165) is 29.7 Å². The molecule has 2 aromatic carbocycles. The molecule has 0 aromatic heterocycles. The van der Waals surface area contributed by atoms with Gasteiger partial charge in [-0.3, -0.25) is 4.79 Å². The Balaban J connectivity index is 0.000000326. The third-order valence-electron chi connectivity index (χ3n) is 5.52. The summed E-state index contributed by atoms with van der Waals surface area (Å²) in [7, 11) is 0. The smallest absolute Gasteiger partial charge is 0.136 e. The van der Waals surface area contributed by atoms with E-state index < -0.39 is 0 Å². The van der Waals surface area contributed by atoms with Crippen molar-refractivity contribution in [2.75, 3.05) is 0 Å². The van der Waals surface area contributed by atoms with Crippen LogP contribution < -0.4 is 0 Å². The summed E-state index contributed by atoms with van der Waals surface area (Å²) in [5.74, 6) is 0.383. The van der Waals surface area contributed by atoms with Gasteiger partial charge in [-0.15, -0.1) is 12.6 Å². The molecule has 0 aliphatic heterocycles. The van der Waals surface area contributed by atoms with Crippen molar-refractivity contribution >= 4 is 23.3 Å². The lowest BCUT2D eigenvalue weighted by Gasteiger charge is -2.13. The Hall–Kier alpha value is -2.58. The van der Waals surface area contributed by atoms with Crippen molar-refractivity contribution in [3.05, 3.63) is 113 Å². The molecule has 0 amide bonds. The van der Waals surface area contributed by atoms with Crippen molar-refractivity contribution in [1.82, 2.24) is 0 Å². The highest BCUT2D eigenvalue weighted by molar-refractivity contribution is 7.90. The molecular weight excluding hydrogens is 432 g/mol. The fourth-order valence-electron chi connectivity index (χ4n) is 3.62. The van der Waals surface area contributed by atoms with E-state index in [4.69, 9.17) is 0 Å². The summed E-state index contributed by atoms with van der Waals surface area (Å²) in [5, 5.41) is 0. The molecule has 1 aliphatic rings. The first-order chi connectivity index (χ1) is 16.3. The van der Waals surface area contributed by atoms with Gasteiger partial charge >= 0.3 is 0 Å². The van der Waals surface area contributed by atoms with E-state index >= 15 is 0 Å². The van der Waals surface area contributed by atoms with Gasteiger partial charge in [0.25, 0.3) is 0 Å². The van der Waals surface area contributed by atoms with Gasteiger partial charge in [0, 0.05) is 10.8 Å². The van der Waals surface area contributed by atoms with Crippen molar-refractivity contribution in [3.8, 4) is 0 Å². The van der Waals surface area contributed by atoms with Crippen molar-refractivity contribution in [1.29, 1.82) is 0 Å². The third-order valence-corrected chi connectivity index (χ3v) is 5.89. The van der Waals surface area contributed by atoms with Gasteiger partial charge < -0.3 is 0 Å². The summed E-state index contributed by atoms with van der Waals surface area (Å²) in [6.45, 7) is 15.7. The first kappa shape index (κ1) is 29.5. The normalized spacial score (nSPS) is 14.7. The van der Waals surface area contributed by atoms with Gasteiger partial charge in [-0.1, -0.05) is 104 Å². The van der Waals surface area contributed by atoms with Crippen molar-refractivity contribution < 1.29 is 4.79 Å². The number of rotatable bonds is 7. The maximum atomic E-state index is 11.2. The minimum Gasteiger partial charge on any atom is -0.299 e. The van der Waals surface area contributed by atoms with Crippen molar-refractivity contribution in [2.24, 2.45) is 5.92 Å². The Bertz CT molecular complexity index is 1010. The van der Waals surface area contributed by atoms with Gasteiger partial charge in [-0.2, -0.15) is 0 Å². The van der Waals surface area contributed by atoms with Crippen LogP contribution in [0.4, 0.5) is 0 Å². The Labute approximate surface area is 213 Å². The Morgan fingerprint density at radius 1 is 1.06 bits per heavy atom. The van der Waals surface area contributed by atoms with Crippen molar-refractivity contribution in [3.63, 3.8) is 0 Å². The summed E-state index contributed by atoms with van der Waals surface area (Å²) in [4.78, 5) is 12.2. The minimum absolute atomic E-state index is 0.114. The Kier molecular flexibility index (Phi) is 14.0. The zero-order chi connectivity index (χ0) is 25.5. The van der Waals surface area contributed by atoms with Crippen LogP contribution in [0.3, 0.4) is 0 Å². The fraction of sp³-hybridized carbons (Fsp3) is 0.344. The van der Waals surface area contributed by atoms with Gasteiger partial charge in [0.2, 0.25) is 0 Å². The highest BCUT2D eigenvalue weighted by atomic mass is 32.1. The Morgan fingerprint density at radius 2 is 1.74 bits per heavy atom. The molecule has 0 heterocycles. The SMILES string of the molecule is C=C(C)/C=C(/S)c1cc(C)ccc1C.CC.CC(=O)C1C=CC(CCCc2ccccc2)=CC1. The van der Waals surface area contributed by atoms with E-state index in [9.17, 15) is 4.79 Å². The molecule has 34 heavy (non-hydrogen) atoms. The van der Waals surface area contributed by atoms with Gasteiger partial charge in [0.1, 0.15) is 5.78 Å². The maximum Gasteiger partial charge on any atom is 0.136 e. The monoisotopic (exact) mass is 474 g/mol. The summed E-state index contributed by atoms with van der Waals surface area (Å²) >= 11 is 4.48. The molecule has 2 heteroatoms. The summed E-state index contributed by atoms with van der Waals surface area (Å²) in [6.07, 6.45) is 12.7. The second kappa shape index (κ2) is 16.1. The number of ketones is 1. The predicted octanol–water partition coefficient (Wildman–Crippen LogP) is 9.28. The average Bonchev–Trinajstić information content (AvgIpc) is 2.83. The van der Waals surface area contributed by atoms with Crippen molar-refractivity contribution in [2.45, 2.75) is 67.2 Å². The summed E-state index contributed by atoms with van der Waals surface area (Å²) in [6, 6.07) is 17.0. The molecule has 0 saturated heterocycles. The quantitative estimate of drug-likeness (QED) is 0.312. The van der Waals surface area contributed by atoms with Gasteiger partial charge in [0.15, 0.2) is 0 Å². The molecule has 3 rings (SSSR count). The predicted molar refractivity (Wildman–Crippen MR) is 154 cm³/mol. The second-order valence-electron chi connectivity index (χ2n) is 8.62. The standard InChI is InChI=1S/C17H20O.C13H16S.C2H6/c1-14(18)17-12-10-16(11-13-17)9-5-8-15-6-3-2-4-7-15;1-9(2)7-13(14)12-8-10(3)5-6-11(12)4;1-2/h2-4,6-7,10-12,17H,5,8-9,13H2,1H3;5-8,14H,1H2,2-4H3;1-2H3/b;13-7+;. The van der Waals surface area contributed by atoms with Gasteiger partial charge in [-0.25, -0.2) is 0 Å². The lowest BCUT2D eigenvalue weighted by Crippen LogP contribution is -2.09. The van der Waals surface area contributed by atoms with E-state index in [-0.39, 0.29) is 11.7 Å². The van der Waals surface area contributed by atoms with Crippen LogP contribution in [0.5, 0.6) is 0 Å². The molecule has 0 saturated carbocycles. The number of Topliss-reactive ketones (excluding diaryl/α,β-unsaturated/α-hetero) is 1. The van der Waals surface area contributed by atoms with Gasteiger partial charge in [0.05, 0.1) is 0 Å². The van der Waals surface area contributed by atoms with E-state index in [1.807, 2.05) is 26.8 Å². The molecule has 0 fully saturated rings. The molecule has 1 unspecified atom stereocenters. The highest BCUT2D eigenvalue weighted by Gasteiger charge is 2.12. The number of carbonyl (C=O) groups excluding carboxylic acids is 1. The van der Waals surface area contributed by atoms with Crippen LogP contribution in [0.2, 0.25) is 0 Å². The number of thiol groups is 1. The molecular formula is C32H42OS. The molecule has 182 valence electrons. The van der Waals surface area contributed by atoms with Crippen LogP contribution in [-0.2, 0) is 11.2 Å². The van der Waals surface area contributed by atoms with E-state index in [1.165, 1.54) is 34.2 Å². The zero-order valence-electron chi connectivity index (χ0n) is 21.9. The van der Waals surface area contributed by atoms with Crippen LogP contribution >= 0.6 is 12.6 Å². The molecule has 1 nitrogen and oxygen atoms in total. The first-order valence-electron chi connectivity index (χ1n) is 12.3. The third kappa shape index (κ3) is 11.0. The molecule has 0 radical (unpaired) electrons. The van der Waals surface area contributed by atoms with E-state index in [0.29, 0.717) is 0 Å². The molecule has 2 aromatic rings. The molecule has 1 aliphatic carbocycles. The van der Waals surface area contributed by atoms with E-state index in [2.05, 4.69) is 99.8 Å². The maximum absolute atomic E-state index is 11.2. The first-order valence-corrected chi connectivity index (χ1v) is 12.8. The molecule has 0 spiro atoms. The number of carbonyl (C=O) groups is 1. The minimum atomic E-state index is 0.114. The lowest BCUT2D eigenvalue weighted by molar-refractivity contribution is -0.119. The Morgan fingerprint density at radius 3 is 2.29 bits per heavy atom. The number of aryl methyl sites for hydroxylation is 3. The average molecular weight is 475 g/mol.